The fourth-order valence-electron chi connectivity index (χ4n) is 1.37. The molecular formula is C12H16F2N2O. The molecule has 94 valence electrons. The smallest absolute Gasteiger partial charge is 0.343 e. The van der Waals surface area contributed by atoms with Gasteiger partial charge in [0.1, 0.15) is 6.04 Å². The summed E-state index contributed by atoms with van der Waals surface area (Å²) in [5.41, 5.74) is 5.67. The number of carbonyl (C=O) groups is 1. The number of halogens is 2. The Morgan fingerprint density at radius 3 is 2.29 bits per heavy atom. The maximum atomic E-state index is 13.7. The van der Waals surface area contributed by atoms with Gasteiger partial charge in [-0.05, 0) is 19.4 Å². The molecular weight excluding hydrogens is 226 g/mol. The second kappa shape index (κ2) is 5.23. The van der Waals surface area contributed by atoms with Gasteiger partial charge in [0, 0.05) is 6.04 Å². The Kier molecular flexibility index (Phi) is 4.17. The molecule has 0 unspecified atom stereocenters. The highest BCUT2D eigenvalue weighted by Gasteiger charge is 2.46. The van der Waals surface area contributed by atoms with Crippen LogP contribution >= 0.6 is 0 Å². The molecule has 0 bridgehead atoms. The zero-order valence-corrected chi connectivity index (χ0v) is 9.78. The minimum absolute atomic E-state index is 0.233. The van der Waals surface area contributed by atoms with E-state index < -0.39 is 17.9 Å². The molecule has 3 nitrogen and oxygen atoms in total. The van der Waals surface area contributed by atoms with E-state index in [4.69, 9.17) is 5.73 Å². The van der Waals surface area contributed by atoms with Crippen molar-refractivity contribution < 1.29 is 13.6 Å². The van der Waals surface area contributed by atoms with Crippen molar-refractivity contribution in [2.45, 2.75) is 31.9 Å². The highest BCUT2D eigenvalue weighted by atomic mass is 19.3. The fourth-order valence-corrected chi connectivity index (χ4v) is 1.37. The lowest BCUT2D eigenvalue weighted by molar-refractivity contribution is -0.149. The van der Waals surface area contributed by atoms with Gasteiger partial charge in [-0.1, -0.05) is 30.3 Å². The molecule has 0 aliphatic rings. The molecule has 1 aromatic rings. The van der Waals surface area contributed by atoms with Crippen molar-refractivity contribution in [3.05, 3.63) is 35.9 Å². The van der Waals surface area contributed by atoms with Gasteiger partial charge in [-0.2, -0.15) is 8.78 Å². The topological polar surface area (TPSA) is 55.1 Å². The summed E-state index contributed by atoms with van der Waals surface area (Å²) < 4.78 is 27.4. The standard InChI is InChI=1S/C12H16F2N2O/c1-8(2)16-11(17)12(13,14)10(15)9-6-4-3-5-7-9/h3-8,10H,15H2,1-2H3,(H,16,17)/t10-/m0/s1. The number of hydrogen-bond acceptors (Lipinski definition) is 2. The van der Waals surface area contributed by atoms with E-state index in [1.165, 1.54) is 12.1 Å². The van der Waals surface area contributed by atoms with Crippen molar-refractivity contribution in [3.63, 3.8) is 0 Å². The number of nitrogens with one attached hydrogen (secondary N) is 1. The molecule has 0 radical (unpaired) electrons. The Hall–Kier alpha value is -1.49. The monoisotopic (exact) mass is 242 g/mol. The first-order chi connectivity index (χ1) is 7.85. The quantitative estimate of drug-likeness (QED) is 0.846. The van der Waals surface area contributed by atoms with Crippen molar-refractivity contribution in [2.24, 2.45) is 5.73 Å². The third-order valence-corrected chi connectivity index (χ3v) is 2.27. The van der Waals surface area contributed by atoms with Crippen LogP contribution in [0, 0.1) is 0 Å². The molecule has 1 aromatic carbocycles. The zero-order valence-electron chi connectivity index (χ0n) is 9.78. The first-order valence-corrected chi connectivity index (χ1v) is 5.35. The molecule has 0 aromatic heterocycles. The highest BCUT2D eigenvalue weighted by Crippen LogP contribution is 2.29. The molecule has 17 heavy (non-hydrogen) atoms. The average molecular weight is 242 g/mol. The van der Waals surface area contributed by atoms with E-state index in [0.29, 0.717) is 0 Å². The summed E-state index contributed by atoms with van der Waals surface area (Å²) in [5.74, 6) is -4.96. The third-order valence-electron chi connectivity index (χ3n) is 2.27. The summed E-state index contributed by atoms with van der Waals surface area (Å²) in [7, 11) is 0. The Labute approximate surface area is 99.0 Å². The Balaban J connectivity index is 2.86. The van der Waals surface area contributed by atoms with Crippen molar-refractivity contribution in [2.75, 3.05) is 0 Å². The summed E-state index contributed by atoms with van der Waals surface area (Å²) >= 11 is 0. The summed E-state index contributed by atoms with van der Waals surface area (Å²) in [6.45, 7) is 3.23. The zero-order chi connectivity index (χ0) is 13.1. The predicted octanol–water partition coefficient (Wildman–Crippen LogP) is 1.85. The van der Waals surface area contributed by atoms with Crippen molar-refractivity contribution in [1.29, 1.82) is 0 Å². The first-order valence-electron chi connectivity index (χ1n) is 5.35. The van der Waals surface area contributed by atoms with E-state index in [0.717, 1.165) is 0 Å². The highest BCUT2D eigenvalue weighted by molar-refractivity contribution is 5.84. The van der Waals surface area contributed by atoms with Gasteiger partial charge in [0.05, 0.1) is 0 Å². The van der Waals surface area contributed by atoms with Crippen LogP contribution in [-0.2, 0) is 4.79 Å². The van der Waals surface area contributed by atoms with E-state index in [1.807, 2.05) is 0 Å². The summed E-state index contributed by atoms with van der Waals surface area (Å²) in [6, 6.07) is 5.86. The molecule has 0 spiro atoms. The van der Waals surface area contributed by atoms with Gasteiger partial charge < -0.3 is 11.1 Å². The predicted molar refractivity (Wildman–Crippen MR) is 61.6 cm³/mol. The third kappa shape index (κ3) is 3.23. The number of rotatable bonds is 4. The number of nitrogens with two attached hydrogens (primary N) is 1. The number of benzene rings is 1. The summed E-state index contributed by atoms with van der Waals surface area (Å²) in [5, 5.41) is 2.16. The van der Waals surface area contributed by atoms with E-state index in [2.05, 4.69) is 5.32 Å². The second-order valence-electron chi connectivity index (χ2n) is 4.14. The molecule has 0 fully saturated rings. The van der Waals surface area contributed by atoms with Gasteiger partial charge in [0.15, 0.2) is 0 Å². The molecule has 3 N–H and O–H groups in total. The number of amides is 1. The second-order valence-corrected chi connectivity index (χ2v) is 4.14. The Bertz CT molecular complexity index is 379. The molecule has 0 heterocycles. The van der Waals surface area contributed by atoms with Crippen LogP contribution in [0.3, 0.4) is 0 Å². The average Bonchev–Trinajstić information content (AvgIpc) is 2.28. The lowest BCUT2D eigenvalue weighted by atomic mass is 10.0. The van der Waals surface area contributed by atoms with Gasteiger partial charge in [-0.25, -0.2) is 0 Å². The van der Waals surface area contributed by atoms with Crippen LogP contribution in [0.15, 0.2) is 30.3 Å². The van der Waals surface area contributed by atoms with E-state index >= 15 is 0 Å². The molecule has 5 heteroatoms. The summed E-state index contributed by atoms with van der Waals surface area (Å²) in [4.78, 5) is 11.3. The van der Waals surface area contributed by atoms with Crippen LogP contribution in [0.4, 0.5) is 8.78 Å². The van der Waals surface area contributed by atoms with E-state index in [9.17, 15) is 13.6 Å². The summed E-state index contributed by atoms with van der Waals surface area (Å²) in [6.07, 6.45) is 0. The maximum Gasteiger partial charge on any atom is 0.343 e. The fraction of sp³-hybridized carbons (Fsp3) is 0.417. The number of alkyl halides is 2. The van der Waals surface area contributed by atoms with Crippen molar-refractivity contribution in [3.8, 4) is 0 Å². The van der Waals surface area contributed by atoms with Crippen LogP contribution in [-0.4, -0.2) is 17.9 Å². The largest absolute Gasteiger partial charge is 0.349 e. The molecule has 1 rings (SSSR count). The lowest BCUT2D eigenvalue weighted by Gasteiger charge is -2.23. The lowest BCUT2D eigenvalue weighted by Crippen LogP contribution is -2.49. The van der Waals surface area contributed by atoms with Crippen LogP contribution in [0.2, 0.25) is 0 Å². The maximum absolute atomic E-state index is 13.7. The number of carbonyl (C=O) groups excluding carboxylic acids is 1. The van der Waals surface area contributed by atoms with E-state index in [1.54, 1.807) is 32.0 Å². The van der Waals surface area contributed by atoms with Crippen LogP contribution in [0.25, 0.3) is 0 Å². The Morgan fingerprint density at radius 2 is 1.82 bits per heavy atom. The molecule has 0 saturated carbocycles. The van der Waals surface area contributed by atoms with E-state index in [-0.39, 0.29) is 11.6 Å². The molecule has 1 atom stereocenters. The normalized spacial score (nSPS) is 13.5. The molecule has 0 saturated heterocycles. The van der Waals surface area contributed by atoms with Gasteiger partial charge in [-0.3, -0.25) is 4.79 Å². The minimum atomic E-state index is -3.62. The van der Waals surface area contributed by atoms with Crippen molar-refractivity contribution in [1.82, 2.24) is 5.32 Å². The van der Waals surface area contributed by atoms with Crippen LogP contribution in [0.5, 0.6) is 0 Å². The van der Waals surface area contributed by atoms with Gasteiger partial charge in [0.2, 0.25) is 0 Å². The van der Waals surface area contributed by atoms with Crippen molar-refractivity contribution >= 4 is 5.91 Å². The van der Waals surface area contributed by atoms with Crippen LogP contribution < -0.4 is 11.1 Å². The SMILES string of the molecule is CC(C)NC(=O)C(F)(F)[C@@H](N)c1ccccc1. The molecule has 0 aliphatic carbocycles. The van der Waals surface area contributed by atoms with Gasteiger partial charge in [0.25, 0.3) is 5.91 Å². The van der Waals surface area contributed by atoms with Gasteiger partial charge >= 0.3 is 5.92 Å². The van der Waals surface area contributed by atoms with Crippen LogP contribution in [0.1, 0.15) is 25.5 Å². The minimum Gasteiger partial charge on any atom is -0.349 e. The first kappa shape index (κ1) is 13.6. The number of hydrogen-bond donors (Lipinski definition) is 2. The molecule has 1 amide bonds. The Morgan fingerprint density at radius 1 is 1.29 bits per heavy atom. The molecule has 0 aliphatic heterocycles. The van der Waals surface area contributed by atoms with Gasteiger partial charge in [-0.15, -0.1) is 0 Å².